The summed E-state index contributed by atoms with van der Waals surface area (Å²) in [5.41, 5.74) is 2.85. The van der Waals surface area contributed by atoms with Crippen molar-refractivity contribution in [2.75, 3.05) is 25.5 Å². The van der Waals surface area contributed by atoms with E-state index < -0.39 is 0 Å². The minimum absolute atomic E-state index is 0.166. The second kappa shape index (κ2) is 5.22. The van der Waals surface area contributed by atoms with Crippen molar-refractivity contribution in [3.8, 4) is 0 Å². The fourth-order valence-corrected chi connectivity index (χ4v) is 2.20. The molecule has 1 aromatic rings. The van der Waals surface area contributed by atoms with Gasteiger partial charge < -0.3 is 5.32 Å². The van der Waals surface area contributed by atoms with Crippen molar-refractivity contribution < 1.29 is 4.79 Å². The number of nitrogens with zero attached hydrogens (tertiary/aromatic N) is 3. The highest BCUT2D eigenvalue weighted by atomic mass is 32.1. The number of piperidine rings is 1. The van der Waals surface area contributed by atoms with Crippen LogP contribution in [-0.4, -0.2) is 41.3 Å². The number of amides is 1. The zero-order chi connectivity index (χ0) is 11.4. The van der Waals surface area contributed by atoms with E-state index in [9.17, 15) is 4.79 Å². The molecule has 7 heteroatoms. The van der Waals surface area contributed by atoms with Crippen LogP contribution in [0.3, 0.4) is 0 Å². The van der Waals surface area contributed by atoms with Crippen LogP contribution in [0.15, 0.2) is 0 Å². The Morgan fingerprint density at radius 2 is 2.06 bits per heavy atom. The third kappa shape index (κ3) is 2.67. The number of hydrazine groups is 1. The van der Waals surface area contributed by atoms with Gasteiger partial charge in [0.05, 0.1) is 0 Å². The summed E-state index contributed by atoms with van der Waals surface area (Å²) < 4.78 is 0. The predicted octanol–water partition coefficient (Wildman–Crippen LogP) is 0.710. The topological polar surface area (TPSA) is 70.1 Å². The Balaban J connectivity index is 1.91. The molecule has 0 saturated carbocycles. The van der Waals surface area contributed by atoms with Crippen LogP contribution in [0.4, 0.5) is 5.13 Å². The van der Waals surface area contributed by atoms with E-state index in [4.69, 9.17) is 0 Å². The Morgan fingerprint density at radius 1 is 1.31 bits per heavy atom. The van der Waals surface area contributed by atoms with E-state index in [-0.39, 0.29) is 5.91 Å². The first-order valence-electron chi connectivity index (χ1n) is 5.37. The number of hydrogen-bond donors (Lipinski definition) is 2. The third-order valence-corrected chi connectivity index (χ3v) is 3.39. The Hall–Kier alpha value is -1.21. The molecule has 1 fully saturated rings. The van der Waals surface area contributed by atoms with Gasteiger partial charge in [-0.25, -0.2) is 5.01 Å². The van der Waals surface area contributed by atoms with Gasteiger partial charge in [0.25, 0.3) is 5.91 Å². The number of hydrogen-bond acceptors (Lipinski definition) is 6. The molecule has 88 valence electrons. The average Bonchev–Trinajstić information content (AvgIpc) is 2.79. The second-order valence-corrected chi connectivity index (χ2v) is 4.63. The fraction of sp³-hybridized carbons (Fsp3) is 0.667. The Bertz CT molecular complexity index is 361. The van der Waals surface area contributed by atoms with Gasteiger partial charge in [0.2, 0.25) is 10.1 Å². The number of aromatic nitrogens is 2. The highest BCUT2D eigenvalue weighted by Gasteiger charge is 2.17. The van der Waals surface area contributed by atoms with E-state index in [0.717, 1.165) is 25.9 Å². The van der Waals surface area contributed by atoms with Gasteiger partial charge in [-0.15, -0.1) is 10.2 Å². The number of nitrogens with one attached hydrogen (secondary N) is 2. The molecule has 2 N–H and O–H groups in total. The minimum Gasteiger partial charge on any atom is -0.363 e. The number of anilines is 1. The molecule has 0 radical (unpaired) electrons. The highest BCUT2D eigenvalue weighted by Crippen LogP contribution is 2.14. The molecule has 0 spiro atoms. The normalized spacial score (nSPS) is 17.1. The minimum atomic E-state index is -0.166. The molecule has 0 bridgehead atoms. The van der Waals surface area contributed by atoms with Crippen molar-refractivity contribution in [1.82, 2.24) is 20.6 Å². The number of carbonyl (C=O) groups is 1. The molecule has 2 heterocycles. The van der Waals surface area contributed by atoms with Gasteiger partial charge >= 0.3 is 0 Å². The van der Waals surface area contributed by atoms with E-state index in [1.54, 1.807) is 7.05 Å². The summed E-state index contributed by atoms with van der Waals surface area (Å²) in [6, 6.07) is 0. The molecule has 1 saturated heterocycles. The lowest BCUT2D eigenvalue weighted by Gasteiger charge is -2.26. The van der Waals surface area contributed by atoms with Crippen molar-refractivity contribution in [2.24, 2.45) is 0 Å². The molecule has 0 atom stereocenters. The van der Waals surface area contributed by atoms with E-state index in [1.807, 2.05) is 5.01 Å². The molecule has 6 nitrogen and oxygen atoms in total. The molecule has 16 heavy (non-hydrogen) atoms. The first-order valence-corrected chi connectivity index (χ1v) is 6.18. The van der Waals surface area contributed by atoms with E-state index in [1.165, 1.54) is 17.8 Å². The summed E-state index contributed by atoms with van der Waals surface area (Å²) in [7, 11) is 1.76. The first kappa shape index (κ1) is 11.3. The van der Waals surface area contributed by atoms with Crippen LogP contribution in [0, 0.1) is 0 Å². The van der Waals surface area contributed by atoms with Gasteiger partial charge in [-0.1, -0.05) is 17.8 Å². The molecular formula is C9H15N5OS. The molecule has 1 aromatic heterocycles. The first-order chi connectivity index (χ1) is 7.79. The summed E-state index contributed by atoms with van der Waals surface area (Å²) >= 11 is 1.26. The van der Waals surface area contributed by atoms with E-state index in [2.05, 4.69) is 20.9 Å². The third-order valence-electron chi connectivity index (χ3n) is 2.45. The molecule has 1 aliphatic heterocycles. The summed E-state index contributed by atoms with van der Waals surface area (Å²) in [6.07, 6.45) is 3.52. The van der Waals surface area contributed by atoms with Crippen LogP contribution in [0.1, 0.15) is 29.1 Å². The van der Waals surface area contributed by atoms with Crippen molar-refractivity contribution in [2.45, 2.75) is 19.3 Å². The quantitative estimate of drug-likeness (QED) is 0.815. The molecular weight excluding hydrogens is 226 g/mol. The lowest BCUT2D eigenvalue weighted by Crippen LogP contribution is -2.45. The maximum Gasteiger partial charge on any atom is 0.296 e. The molecule has 0 aliphatic carbocycles. The lowest BCUT2D eigenvalue weighted by molar-refractivity contribution is 0.0749. The van der Waals surface area contributed by atoms with E-state index >= 15 is 0 Å². The van der Waals surface area contributed by atoms with Gasteiger partial charge in [0.1, 0.15) is 0 Å². The van der Waals surface area contributed by atoms with Crippen LogP contribution in [0.5, 0.6) is 0 Å². The van der Waals surface area contributed by atoms with Gasteiger partial charge in [-0.2, -0.15) is 0 Å². The van der Waals surface area contributed by atoms with Crippen LogP contribution >= 0.6 is 11.3 Å². The maximum atomic E-state index is 11.8. The highest BCUT2D eigenvalue weighted by molar-refractivity contribution is 7.17. The second-order valence-electron chi connectivity index (χ2n) is 3.65. The van der Waals surface area contributed by atoms with Gasteiger partial charge in [-0.05, 0) is 12.8 Å². The van der Waals surface area contributed by atoms with Crippen LogP contribution in [0.25, 0.3) is 0 Å². The smallest absolute Gasteiger partial charge is 0.296 e. The maximum absolute atomic E-state index is 11.8. The largest absolute Gasteiger partial charge is 0.363 e. The van der Waals surface area contributed by atoms with Gasteiger partial charge in [0.15, 0.2) is 0 Å². The van der Waals surface area contributed by atoms with E-state index in [0.29, 0.717) is 10.1 Å². The van der Waals surface area contributed by atoms with Crippen LogP contribution < -0.4 is 10.7 Å². The SMILES string of the molecule is CNc1nnc(C(=O)NN2CCCCC2)s1. The predicted molar refractivity (Wildman–Crippen MR) is 62.3 cm³/mol. The molecule has 0 aromatic carbocycles. The molecule has 2 rings (SSSR count). The molecule has 1 aliphatic rings. The Morgan fingerprint density at radius 3 is 2.69 bits per heavy atom. The summed E-state index contributed by atoms with van der Waals surface area (Å²) in [4.78, 5) is 11.8. The fourth-order valence-electron chi connectivity index (χ4n) is 1.61. The number of carbonyl (C=O) groups excluding carboxylic acids is 1. The van der Waals surface area contributed by atoms with Crippen LogP contribution in [0.2, 0.25) is 0 Å². The zero-order valence-corrected chi connectivity index (χ0v) is 10.0. The summed E-state index contributed by atoms with van der Waals surface area (Å²) in [5.74, 6) is -0.166. The standard InChI is InChI=1S/C9H15N5OS/c1-10-9-12-11-8(16-9)7(15)13-14-5-3-2-4-6-14/h2-6H2,1H3,(H,10,12)(H,13,15). The Kier molecular flexibility index (Phi) is 3.68. The lowest BCUT2D eigenvalue weighted by atomic mass is 10.2. The van der Waals surface area contributed by atoms with Crippen molar-refractivity contribution in [1.29, 1.82) is 0 Å². The monoisotopic (exact) mass is 241 g/mol. The van der Waals surface area contributed by atoms with Crippen LogP contribution in [-0.2, 0) is 0 Å². The van der Waals surface area contributed by atoms with Gasteiger partial charge in [0, 0.05) is 20.1 Å². The van der Waals surface area contributed by atoms with Crippen molar-refractivity contribution >= 4 is 22.4 Å². The molecule has 0 unspecified atom stereocenters. The van der Waals surface area contributed by atoms with Crippen molar-refractivity contribution in [3.63, 3.8) is 0 Å². The summed E-state index contributed by atoms with van der Waals surface area (Å²) in [6.45, 7) is 1.84. The number of rotatable bonds is 3. The Labute approximate surface area is 98.0 Å². The molecule has 1 amide bonds. The zero-order valence-electron chi connectivity index (χ0n) is 9.19. The average molecular weight is 241 g/mol. The van der Waals surface area contributed by atoms with Gasteiger partial charge in [-0.3, -0.25) is 10.2 Å². The summed E-state index contributed by atoms with van der Waals surface area (Å²) in [5, 5.41) is 13.5. The van der Waals surface area contributed by atoms with Crippen molar-refractivity contribution in [3.05, 3.63) is 5.01 Å².